The Kier molecular flexibility index (Phi) is 6.82. The Bertz CT molecular complexity index is 1380. The zero-order valence-electron chi connectivity index (χ0n) is 20.3. The molecule has 0 N–H and O–H groups in total. The molecule has 0 amide bonds. The van der Waals surface area contributed by atoms with E-state index in [0.29, 0.717) is 42.1 Å². The van der Waals surface area contributed by atoms with Crippen LogP contribution in [-0.2, 0) is 13.6 Å². The molecule has 3 aromatic rings. The molecule has 0 radical (unpaired) electrons. The van der Waals surface area contributed by atoms with Gasteiger partial charge in [-0.3, -0.25) is 9.69 Å². The number of hydrogen-bond donors (Lipinski definition) is 0. The minimum Gasteiger partial charge on any atom is -0.496 e. The van der Waals surface area contributed by atoms with E-state index in [1.165, 1.54) is 23.8 Å². The van der Waals surface area contributed by atoms with Crippen molar-refractivity contribution in [2.24, 2.45) is 7.05 Å². The number of piperazine rings is 1. The number of fused-ring (bicyclic) bond motifs is 1. The van der Waals surface area contributed by atoms with Gasteiger partial charge in [0.2, 0.25) is 0 Å². The van der Waals surface area contributed by atoms with E-state index in [2.05, 4.69) is 25.6 Å². The molecule has 2 atom stereocenters. The van der Waals surface area contributed by atoms with Crippen LogP contribution in [0.3, 0.4) is 0 Å². The molecule has 0 saturated carbocycles. The summed E-state index contributed by atoms with van der Waals surface area (Å²) in [4.78, 5) is 21.5. The predicted molar refractivity (Wildman–Crippen MR) is 128 cm³/mol. The van der Waals surface area contributed by atoms with Crippen LogP contribution >= 0.6 is 0 Å². The molecule has 0 bridgehead atoms. The fourth-order valence-corrected chi connectivity index (χ4v) is 4.62. The maximum absolute atomic E-state index is 12.7. The number of nitriles is 1. The molecule has 4 rings (SSSR count). The van der Waals surface area contributed by atoms with Crippen LogP contribution in [0.1, 0.15) is 25.1 Å². The molecule has 2 aromatic heterocycles. The first-order valence-electron chi connectivity index (χ1n) is 11.3. The maximum Gasteiger partial charge on any atom is 0.573 e. The number of anilines is 1. The van der Waals surface area contributed by atoms with Gasteiger partial charge in [-0.2, -0.15) is 5.26 Å². The van der Waals surface area contributed by atoms with Crippen molar-refractivity contribution in [3.05, 3.63) is 58.0 Å². The molecule has 0 spiro atoms. The lowest BCUT2D eigenvalue weighted by atomic mass is 10.0. The number of pyridine rings is 2. The van der Waals surface area contributed by atoms with Gasteiger partial charge in [0.15, 0.2) is 0 Å². The number of alkyl halides is 3. The third kappa shape index (κ3) is 5.09. The molecule has 1 saturated heterocycles. The molecule has 3 heterocycles. The topological polar surface area (TPSA) is 83.6 Å². The van der Waals surface area contributed by atoms with Gasteiger partial charge < -0.3 is 18.9 Å². The fourth-order valence-electron chi connectivity index (χ4n) is 4.62. The van der Waals surface area contributed by atoms with Gasteiger partial charge in [0, 0.05) is 56.5 Å². The standard InChI is InChI=1S/C25H26F3N5O3/c1-15-13-33(21-10-23(34)31(3)20-8-6-18(11-29)30-24(20)21)16(2)12-32(15)14-17-5-7-19(9-22(17)35-4)36-25(26,27)28/h5-10,15-16H,12-14H2,1-4H3/t15?,16-/m0/s1. The Labute approximate surface area is 206 Å². The average Bonchev–Trinajstić information content (AvgIpc) is 2.83. The second-order valence-electron chi connectivity index (χ2n) is 8.90. The quantitative estimate of drug-likeness (QED) is 0.526. The SMILES string of the molecule is COc1cc(OC(F)(F)F)ccc1CN1C[C@H](C)N(c2cc(=O)n(C)c3ccc(C#N)nc23)CC1C. The maximum atomic E-state index is 12.7. The van der Waals surface area contributed by atoms with Crippen LogP contribution < -0.4 is 19.9 Å². The summed E-state index contributed by atoms with van der Waals surface area (Å²) in [5, 5.41) is 9.33. The highest BCUT2D eigenvalue weighted by Crippen LogP contribution is 2.32. The molecule has 1 aliphatic heterocycles. The summed E-state index contributed by atoms with van der Waals surface area (Å²) in [5.41, 5.74) is 2.74. The second kappa shape index (κ2) is 9.70. The summed E-state index contributed by atoms with van der Waals surface area (Å²) in [6, 6.07) is 11.0. The van der Waals surface area contributed by atoms with Gasteiger partial charge in [0.25, 0.3) is 5.56 Å². The monoisotopic (exact) mass is 501 g/mol. The molecule has 1 aliphatic rings. The third-order valence-corrected chi connectivity index (χ3v) is 6.47. The number of aromatic nitrogens is 2. The van der Waals surface area contributed by atoms with Gasteiger partial charge in [0.05, 0.1) is 18.3 Å². The molecule has 11 heteroatoms. The zero-order valence-corrected chi connectivity index (χ0v) is 20.3. The summed E-state index contributed by atoms with van der Waals surface area (Å²) in [6.45, 7) is 5.75. The summed E-state index contributed by atoms with van der Waals surface area (Å²) < 4.78 is 48.6. The van der Waals surface area contributed by atoms with E-state index in [1.807, 2.05) is 13.8 Å². The summed E-state index contributed by atoms with van der Waals surface area (Å²) >= 11 is 0. The third-order valence-electron chi connectivity index (χ3n) is 6.47. The van der Waals surface area contributed by atoms with Crippen LogP contribution in [0.5, 0.6) is 11.5 Å². The Balaban J connectivity index is 1.60. The Morgan fingerprint density at radius 2 is 1.89 bits per heavy atom. The molecular formula is C25H26F3N5O3. The van der Waals surface area contributed by atoms with E-state index in [4.69, 9.17) is 4.74 Å². The van der Waals surface area contributed by atoms with Crippen LogP contribution in [0, 0.1) is 11.3 Å². The lowest BCUT2D eigenvalue weighted by Crippen LogP contribution is -2.56. The summed E-state index contributed by atoms with van der Waals surface area (Å²) in [6.07, 6.45) is -4.78. The number of methoxy groups -OCH3 is 1. The van der Waals surface area contributed by atoms with E-state index in [-0.39, 0.29) is 29.1 Å². The second-order valence-corrected chi connectivity index (χ2v) is 8.90. The van der Waals surface area contributed by atoms with Crippen molar-refractivity contribution in [1.82, 2.24) is 14.5 Å². The fraction of sp³-hybridized carbons (Fsp3) is 0.400. The van der Waals surface area contributed by atoms with Crippen molar-refractivity contribution in [1.29, 1.82) is 5.26 Å². The molecule has 0 aliphatic carbocycles. The highest BCUT2D eigenvalue weighted by Gasteiger charge is 2.33. The number of nitrogens with zero attached hydrogens (tertiary/aromatic N) is 5. The van der Waals surface area contributed by atoms with Crippen LogP contribution in [-0.4, -0.2) is 53.1 Å². The van der Waals surface area contributed by atoms with Gasteiger partial charge in [-0.1, -0.05) is 6.07 Å². The van der Waals surface area contributed by atoms with Crippen LogP contribution in [0.4, 0.5) is 18.9 Å². The number of hydrogen-bond acceptors (Lipinski definition) is 7. The lowest BCUT2D eigenvalue weighted by molar-refractivity contribution is -0.274. The molecule has 1 unspecified atom stereocenters. The summed E-state index contributed by atoms with van der Waals surface area (Å²) in [5.74, 6) is -0.0269. The Morgan fingerprint density at radius 3 is 2.56 bits per heavy atom. The van der Waals surface area contributed by atoms with Crippen LogP contribution in [0.2, 0.25) is 0 Å². The Hall–Kier alpha value is -3.78. The number of rotatable bonds is 5. The minimum absolute atomic E-state index is 0.0112. The smallest absolute Gasteiger partial charge is 0.496 e. The van der Waals surface area contributed by atoms with Crippen LogP contribution in [0.25, 0.3) is 11.0 Å². The Morgan fingerprint density at radius 1 is 1.14 bits per heavy atom. The first-order valence-corrected chi connectivity index (χ1v) is 11.3. The van der Waals surface area contributed by atoms with Crippen molar-refractivity contribution >= 4 is 16.7 Å². The van der Waals surface area contributed by atoms with Crippen molar-refractivity contribution in [2.75, 3.05) is 25.1 Å². The van der Waals surface area contributed by atoms with Crippen molar-refractivity contribution < 1.29 is 22.6 Å². The molecular weight excluding hydrogens is 475 g/mol. The van der Waals surface area contributed by atoms with Gasteiger partial charge >= 0.3 is 6.36 Å². The predicted octanol–water partition coefficient (Wildman–Crippen LogP) is 3.81. The number of halogens is 3. The van der Waals surface area contributed by atoms with Gasteiger partial charge in [0.1, 0.15) is 28.8 Å². The average molecular weight is 502 g/mol. The highest BCUT2D eigenvalue weighted by atomic mass is 19.4. The van der Waals surface area contributed by atoms with Crippen molar-refractivity contribution in [2.45, 2.75) is 38.8 Å². The van der Waals surface area contributed by atoms with Crippen LogP contribution in [0.15, 0.2) is 41.2 Å². The molecule has 8 nitrogen and oxygen atoms in total. The van der Waals surface area contributed by atoms with E-state index < -0.39 is 6.36 Å². The summed E-state index contributed by atoms with van der Waals surface area (Å²) in [7, 11) is 3.08. The zero-order chi connectivity index (χ0) is 26.2. The first kappa shape index (κ1) is 25.3. The van der Waals surface area contributed by atoms with Crippen molar-refractivity contribution in [3.63, 3.8) is 0 Å². The minimum atomic E-state index is -4.78. The molecule has 36 heavy (non-hydrogen) atoms. The first-order chi connectivity index (χ1) is 17.0. The van der Waals surface area contributed by atoms with Gasteiger partial charge in [-0.05, 0) is 32.0 Å². The molecule has 1 aromatic carbocycles. The van der Waals surface area contributed by atoms with E-state index in [1.54, 1.807) is 31.3 Å². The normalized spacial score (nSPS) is 18.8. The molecule has 190 valence electrons. The van der Waals surface area contributed by atoms with E-state index >= 15 is 0 Å². The molecule has 1 fully saturated rings. The van der Waals surface area contributed by atoms with Gasteiger partial charge in [-0.15, -0.1) is 13.2 Å². The van der Waals surface area contributed by atoms with Crippen molar-refractivity contribution in [3.8, 4) is 17.6 Å². The highest BCUT2D eigenvalue weighted by molar-refractivity contribution is 5.89. The number of ether oxygens (including phenoxy) is 2. The van der Waals surface area contributed by atoms with Gasteiger partial charge in [-0.25, -0.2) is 4.98 Å². The van der Waals surface area contributed by atoms with E-state index in [9.17, 15) is 23.2 Å². The largest absolute Gasteiger partial charge is 0.573 e. The van der Waals surface area contributed by atoms with E-state index in [0.717, 1.165) is 5.56 Å². The lowest BCUT2D eigenvalue weighted by Gasteiger charge is -2.45. The number of aryl methyl sites for hydroxylation is 1. The number of benzene rings is 1.